The summed E-state index contributed by atoms with van der Waals surface area (Å²) in [5.41, 5.74) is 2.35. The molecule has 4 rings (SSSR count). The van der Waals surface area contributed by atoms with Crippen LogP contribution in [-0.2, 0) is 0 Å². The van der Waals surface area contributed by atoms with Crippen molar-refractivity contribution in [2.24, 2.45) is 0 Å². The van der Waals surface area contributed by atoms with Crippen molar-refractivity contribution in [3.05, 3.63) is 59.6 Å². The maximum Gasteiger partial charge on any atom is 0.272 e. The fourth-order valence-electron chi connectivity index (χ4n) is 3.38. The Bertz CT molecular complexity index is 879. The third kappa shape index (κ3) is 4.40. The number of amides is 1. The van der Waals surface area contributed by atoms with Crippen molar-refractivity contribution in [2.45, 2.75) is 31.8 Å². The molecule has 2 atom stereocenters. The first-order chi connectivity index (χ1) is 12.7. The molecule has 3 heterocycles. The van der Waals surface area contributed by atoms with Gasteiger partial charge in [-0.2, -0.15) is 5.10 Å². The van der Waals surface area contributed by atoms with Gasteiger partial charge >= 0.3 is 0 Å². The number of para-hydroxylation sites is 1. The standard InChI is InChI=1S/C20H22N4OS.ClH/c1-14-12-15(9-10-21-14)22-20(25)17-13-18(19-8-5-11-26-19)24(23-17)16-6-3-2-4-7-16;/h2-8,11,13-15,21H,9-10,12H2,1H3,(H,22,25);1H. The molecule has 1 aromatic carbocycles. The Labute approximate surface area is 169 Å². The average molecular weight is 403 g/mol. The predicted octanol–water partition coefficient (Wildman–Crippen LogP) is 3.89. The van der Waals surface area contributed by atoms with Gasteiger partial charge in [-0.25, -0.2) is 4.68 Å². The van der Waals surface area contributed by atoms with E-state index in [2.05, 4.69) is 28.7 Å². The van der Waals surface area contributed by atoms with Gasteiger partial charge < -0.3 is 10.6 Å². The van der Waals surface area contributed by atoms with E-state index in [1.165, 1.54) is 0 Å². The highest BCUT2D eigenvalue weighted by molar-refractivity contribution is 7.13. The van der Waals surface area contributed by atoms with Crippen LogP contribution in [-0.4, -0.2) is 34.3 Å². The minimum atomic E-state index is -0.100. The molecular formula is C20H23ClN4OS. The maximum absolute atomic E-state index is 12.8. The first-order valence-electron chi connectivity index (χ1n) is 8.94. The van der Waals surface area contributed by atoms with Crippen LogP contribution in [0.3, 0.4) is 0 Å². The lowest BCUT2D eigenvalue weighted by Gasteiger charge is -2.28. The smallest absolute Gasteiger partial charge is 0.272 e. The Balaban J connectivity index is 0.00000210. The van der Waals surface area contributed by atoms with Gasteiger partial charge in [0.1, 0.15) is 0 Å². The summed E-state index contributed by atoms with van der Waals surface area (Å²) in [4.78, 5) is 13.9. The van der Waals surface area contributed by atoms with Gasteiger partial charge in [-0.1, -0.05) is 24.3 Å². The van der Waals surface area contributed by atoms with Crippen LogP contribution in [0.25, 0.3) is 16.3 Å². The number of piperidine rings is 1. The number of aromatic nitrogens is 2. The van der Waals surface area contributed by atoms with E-state index in [1.807, 2.05) is 52.5 Å². The van der Waals surface area contributed by atoms with E-state index in [-0.39, 0.29) is 24.4 Å². The highest BCUT2D eigenvalue weighted by Crippen LogP contribution is 2.28. The van der Waals surface area contributed by atoms with E-state index in [4.69, 9.17) is 0 Å². The topological polar surface area (TPSA) is 59.0 Å². The summed E-state index contributed by atoms with van der Waals surface area (Å²) in [6, 6.07) is 16.5. The number of hydrogen-bond acceptors (Lipinski definition) is 4. The van der Waals surface area contributed by atoms with Crippen molar-refractivity contribution in [1.82, 2.24) is 20.4 Å². The van der Waals surface area contributed by atoms with Crippen molar-refractivity contribution in [3.63, 3.8) is 0 Å². The van der Waals surface area contributed by atoms with Gasteiger partial charge in [0, 0.05) is 12.1 Å². The van der Waals surface area contributed by atoms with Crippen LogP contribution in [0.1, 0.15) is 30.3 Å². The summed E-state index contributed by atoms with van der Waals surface area (Å²) >= 11 is 1.65. The zero-order chi connectivity index (χ0) is 17.9. The van der Waals surface area contributed by atoms with Gasteiger partial charge in [-0.05, 0) is 56.0 Å². The molecule has 1 aliphatic heterocycles. The van der Waals surface area contributed by atoms with E-state index in [9.17, 15) is 4.79 Å². The third-order valence-electron chi connectivity index (χ3n) is 4.68. The molecule has 2 unspecified atom stereocenters. The van der Waals surface area contributed by atoms with Crippen LogP contribution in [0.5, 0.6) is 0 Å². The Kier molecular flexibility index (Phi) is 6.31. The second-order valence-corrected chi connectivity index (χ2v) is 7.64. The molecule has 1 amide bonds. The van der Waals surface area contributed by atoms with E-state index < -0.39 is 0 Å². The van der Waals surface area contributed by atoms with E-state index in [0.717, 1.165) is 35.6 Å². The molecule has 2 N–H and O–H groups in total. The number of halogens is 1. The number of nitrogens with zero attached hydrogens (tertiary/aromatic N) is 2. The number of nitrogens with one attached hydrogen (secondary N) is 2. The number of rotatable bonds is 4. The molecule has 3 aromatic rings. The summed E-state index contributed by atoms with van der Waals surface area (Å²) < 4.78 is 1.85. The second-order valence-electron chi connectivity index (χ2n) is 6.69. The number of hydrogen-bond donors (Lipinski definition) is 2. The third-order valence-corrected chi connectivity index (χ3v) is 5.57. The quantitative estimate of drug-likeness (QED) is 0.695. The second kappa shape index (κ2) is 8.69. The molecule has 142 valence electrons. The van der Waals surface area contributed by atoms with Crippen molar-refractivity contribution < 1.29 is 4.79 Å². The summed E-state index contributed by atoms with van der Waals surface area (Å²) in [5, 5.41) is 13.2. The van der Waals surface area contributed by atoms with Crippen LogP contribution in [0.4, 0.5) is 0 Å². The van der Waals surface area contributed by atoms with Gasteiger partial charge in [0.25, 0.3) is 5.91 Å². The number of carbonyl (C=O) groups is 1. The summed E-state index contributed by atoms with van der Waals surface area (Å²) in [5.74, 6) is -0.100. The van der Waals surface area contributed by atoms with Crippen molar-refractivity contribution >= 4 is 29.7 Å². The molecule has 0 radical (unpaired) electrons. The Morgan fingerprint density at radius 3 is 2.78 bits per heavy atom. The normalized spacial score (nSPS) is 19.3. The van der Waals surface area contributed by atoms with Crippen LogP contribution < -0.4 is 10.6 Å². The van der Waals surface area contributed by atoms with Crippen LogP contribution in [0.15, 0.2) is 53.9 Å². The molecule has 0 saturated carbocycles. The van der Waals surface area contributed by atoms with Crippen LogP contribution in [0.2, 0.25) is 0 Å². The fraction of sp³-hybridized carbons (Fsp3) is 0.300. The monoisotopic (exact) mass is 402 g/mol. The number of carbonyl (C=O) groups excluding carboxylic acids is 1. The SMILES string of the molecule is CC1CC(NC(=O)c2cc(-c3cccs3)n(-c3ccccc3)n2)CCN1.Cl. The van der Waals surface area contributed by atoms with Gasteiger partial charge in [0.15, 0.2) is 5.69 Å². The van der Waals surface area contributed by atoms with Crippen molar-refractivity contribution in [2.75, 3.05) is 6.54 Å². The van der Waals surface area contributed by atoms with Crippen molar-refractivity contribution in [1.29, 1.82) is 0 Å². The Morgan fingerprint density at radius 1 is 1.26 bits per heavy atom. The van der Waals surface area contributed by atoms with Gasteiger partial charge in [0.2, 0.25) is 0 Å². The summed E-state index contributed by atoms with van der Waals surface area (Å²) in [6.45, 7) is 3.09. The molecule has 27 heavy (non-hydrogen) atoms. The lowest BCUT2D eigenvalue weighted by atomic mass is 10.0. The molecule has 1 aliphatic rings. The van der Waals surface area contributed by atoms with Gasteiger partial charge in [-0.15, -0.1) is 23.7 Å². The zero-order valence-electron chi connectivity index (χ0n) is 15.1. The minimum absolute atomic E-state index is 0. The van der Waals surface area contributed by atoms with Gasteiger partial charge in [0.05, 0.1) is 16.3 Å². The highest BCUT2D eigenvalue weighted by Gasteiger charge is 2.23. The summed E-state index contributed by atoms with van der Waals surface area (Å²) in [6.07, 6.45) is 1.90. The molecule has 0 spiro atoms. The average Bonchev–Trinajstić information content (AvgIpc) is 3.32. The van der Waals surface area contributed by atoms with E-state index in [1.54, 1.807) is 11.3 Å². The van der Waals surface area contributed by atoms with E-state index >= 15 is 0 Å². The molecule has 2 aromatic heterocycles. The highest BCUT2D eigenvalue weighted by atomic mass is 35.5. The minimum Gasteiger partial charge on any atom is -0.348 e. The molecule has 0 bridgehead atoms. The first-order valence-corrected chi connectivity index (χ1v) is 9.82. The number of thiophene rings is 1. The molecule has 5 nitrogen and oxygen atoms in total. The predicted molar refractivity (Wildman–Crippen MR) is 112 cm³/mol. The number of benzene rings is 1. The zero-order valence-corrected chi connectivity index (χ0v) is 16.7. The van der Waals surface area contributed by atoms with Crippen LogP contribution >= 0.6 is 23.7 Å². The Morgan fingerprint density at radius 2 is 2.07 bits per heavy atom. The van der Waals surface area contributed by atoms with Crippen molar-refractivity contribution in [3.8, 4) is 16.3 Å². The summed E-state index contributed by atoms with van der Waals surface area (Å²) in [7, 11) is 0. The van der Waals surface area contributed by atoms with Crippen LogP contribution in [0, 0.1) is 0 Å². The molecule has 0 aliphatic carbocycles. The fourth-order valence-corrected chi connectivity index (χ4v) is 4.11. The molecule has 1 fully saturated rings. The van der Waals surface area contributed by atoms with E-state index in [0.29, 0.717) is 11.7 Å². The largest absolute Gasteiger partial charge is 0.348 e. The van der Waals surface area contributed by atoms with Gasteiger partial charge in [-0.3, -0.25) is 4.79 Å². The Hall–Kier alpha value is -2.15. The first kappa shape index (κ1) is 19.6. The lowest BCUT2D eigenvalue weighted by Crippen LogP contribution is -2.46. The molecule has 1 saturated heterocycles. The molecular weight excluding hydrogens is 380 g/mol. The lowest BCUT2D eigenvalue weighted by molar-refractivity contribution is 0.0920. The maximum atomic E-state index is 12.8. The molecule has 7 heteroatoms.